The van der Waals surface area contributed by atoms with Crippen LogP contribution in [0.2, 0.25) is 0 Å². The Morgan fingerprint density at radius 2 is 0.667 bits per heavy atom. The molecule has 0 spiro atoms. The van der Waals surface area contributed by atoms with E-state index in [1.165, 1.54) is 65.6 Å². The van der Waals surface area contributed by atoms with Crippen LogP contribution in [0.1, 0.15) is 57.6 Å². The number of ether oxygens (including phenoxy) is 1. The molecule has 0 fully saturated rings. The smallest absolute Gasteiger partial charge is 0.0690 e. The molecule has 1 unspecified atom stereocenters. The van der Waals surface area contributed by atoms with Gasteiger partial charge in [-0.1, -0.05) is 194 Å². The Labute approximate surface area is 600 Å². The fourth-order valence-electron chi connectivity index (χ4n) is 8.86. The van der Waals surface area contributed by atoms with Crippen molar-refractivity contribution in [1.82, 2.24) is 0 Å². The van der Waals surface area contributed by atoms with Gasteiger partial charge in [-0.2, -0.15) is 0 Å². The van der Waals surface area contributed by atoms with Gasteiger partial charge in [-0.25, -0.2) is 0 Å². The van der Waals surface area contributed by atoms with Gasteiger partial charge >= 0.3 is 115 Å². The number of carbonyl (C=O) groups excluding carboxylic acids is 2. The summed E-state index contributed by atoms with van der Waals surface area (Å²) in [5.41, 5.74) is 10.3. The molecule has 0 saturated carbocycles. The van der Waals surface area contributed by atoms with Gasteiger partial charge in [-0.3, -0.25) is 9.59 Å². The number of rotatable bonds is 17. The zero-order valence-corrected chi connectivity index (χ0v) is 65.3. The number of halogens is 18. The van der Waals surface area contributed by atoms with Crippen LogP contribution in [0.5, 0.6) is 11.5 Å². The number of esters is 1. The fourth-order valence-corrected chi connectivity index (χ4v) is 15.7. The SMILES string of the molecule is CC(=O)Oc1ccc([S+](C)Cc2ccccc2)cc1.CC(=O)c1ccc([S+](Cc2ccccc2)Cc2ccccc2)cc1.Oc1ccc([S+](Cc2ccccc2)Cc2ccccc2)cc1.[F][Sb-]([F])([F])([F])([F])[F].[F][Sb-]([F])([F])([F])([F])[F].[F][Sb-]([F])([F])([F])([F])[F].c1ccc(CN2CSc3ccccc32)cc1. The average molecular weight is 1850 g/mol. The molecule has 11 rings (SSSR count). The minimum Gasteiger partial charge on any atom is -0.357 e. The molecule has 5 nitrogen and oxygen atoms in total. The molecular formula is C72H70F18NO4S4Sb3. The van der Waals surface area contributed by atoms with Crippen molar-refractivity contribution < 1.29 is 70.1 Å². The maximum Gasteiger partial charge on any atom is 0.0690 e. The van der Waals surface area contributed by atoms with Crippen LogP contribution in [0.15, 0.2) is 299 Å². The number of hydrogen-bond donors (Lipinski definition) is 1. The Hall–Kier alpha value is -6.47. The van der Waals surface area contributed by atoms with E-state index < -0.39 is 58.4 Å². The van der Waals surface area contributed by atoms with Gasteiger partial charge in [0.05, 0.1) is 11.6 Å². The summed E-state index contributed by atoms with van der Waals surface area (Å²) in [5, 5.41) is 9.52. The minimum atomic E-state index is -11.2. The van der Waals surface area contributed by atoms with Crippen LogP contribution in [0, 0.1) is 0 Å². The van der Waals surface area contributed by atoms with Crippen LogP contribution in [-0.2, 0) is 72.8 Å². The van der Waals surface area contributed by atoms with E-state index >= 15 is 0 Å². The molecule has 102 heavy (non-hydrogen) atoms. The molecule has 0 aromatic heterocycles. The summed E-state index contributed by atoms with van der Waals surface area (Å²) >= 11 is -31.8. The number of phenolic OH excluding ortho intramolecular Hbond substituents is 1. The van der Waals surface area contributed by atoms with Gasteiger partial charge in [0.1, 0.15) is 46.5 Å². The summed E-state index contributed by atoms with van der Waals surface area (Å²) in [6.07, 6.45) is 2.23. The largest absolute Gasteiger partial charge is 0.357 e. The molecule has 0 radical (unpaired) electrons. The predicted molar refractivity (Wildman–Crippen MR) is 383 cm³/mol. The number of para-hydroxylation sites is 1. The Bertz CT molecular complexity index is 4020. The van der Waals surface area contributed by atoms with Crippen molar-refractivity contribution in [1.29, 1.82) is 0 Å². The van der Waals surface area contributed by atoms with Gasteiger partial charge in [0.15, 0.2) is 20.5 Å². The number of ketones is 1. The molecule has 0 saturated heterocycles. The second kappa shape index (κ2) is 35.1. The van der Waals surface area contributed by atoms with E-state index in [4.69, 9.17) is 4.74 Å². The Morgan fingerprint density at radius 1 is 0.382 bits per heavy atom. The van der Waals surface area contributed by atoms with Gasteiger partial charge in [0.2, 0.25) is 0 Å². The number of hydrogen-bond acceptors (Lipinski definition) is 6. The Balaban J connectivity index is 0.000000225. The molecule has 0 amide bonds. The van der Waals surface area contributed by atoms with Gasteiger partial charge in [-0.05, 0) is 97.4 Å². The van der Waals surface area contributed by atoms with Gasteiger partial charge in [0.25, 0.3) is 0 Å². The van der Waals surface area contributed by atoms with E-state index in [9.17, 15) is 65.3 Å². The Kier molecular flexibility index (Phi) is 29.6. The molecule has 1 aliphatic heterocycles. The number of nitrogens with zero attached hydrogens (tertiary/aromatic N) is 1. The van der Waals surface area contributed by atoms with E-state index in [1.807, 2.05) is 66.4 Å². The molecule has 0 aliphatic carbocycles. The normalized spacial score (nSPS) is 14.0. The molecule has 0 bridgehead atoms. The summed E-state index contributed by atoms with van der Waals surface area (Å²) in [7, 11) is 0.322. The standard InChI is InChI=1S/C22H21OS.C20H18OS.C16H17O2S.C14H13NS.18FH.3Sb/c1-18(23)21-12-14-22(15-13-21)24(16-19-8-4-2-5-9-19)17-20-10-6-3-7-11-20;21-19-11-13-20(14-12-19)22(15-17-7-3-1-4-8-17)16-18-9-5-2-6-10-18;1-13(17)18-15-8-10-16(11-9-15)19(2)12-14-6-4-3-5-7-14;1-2-6-12(7-3-1)10-15-11-16-14-9-5-4-8-13(14)15;;;;;;;;;;;;;;;;;;;;;/h2-15H,16-17H2,1H3;1-14H,15-16H2;3-11H,12H2,1-2H3;1-9H,10-11H2;18*1H;;;/q+1;;+1;;;;;;;;;;;;;;;;;;;;3*+5/p-17. The first-order chi connectivity index (χ1) is 47.0. The average Bonchev–Trinajstić information content (AvgIpc) is 0.910. The van der Waals surface area contributed by atoms with Crippen LogP contribution >= 0.6 is 11.8 Å². The van der Waals surface area contributed by atoms with Crippen molar-refractivity contribution in [3.63, 3.8) is 0 Å². The number of fused-ring (bicyclic) bond motifs is 1. The predicted octanol–water partition coefficient (Wildman–Crippen LogP) is 23.6. The van der Waals surface area contributed by atoms with Crippen molar-refractivity contribution >= 4 is 120 Å². The van der Waals surface area contributed by atoms with Crippen molar-refractivity contribution in [3.05, 3.63) is 318 Å². The minimum absolute atomic E-state index is 0.0774. The van der Waals surface area contributed by atoms with Crippen LogP contribution in [0.25, 0.3) is 0 Å². The first kappa shape index (κ1) is 86.2. The molecule has 1 heterocycles. The molecule has 30 heteroatoms. The zero-order chi connectivity index (χ0) is 75.7. The number of aromatic hydroxyl groups is 1. The van der Waals surface area contributed by atoms with Crippen LogP contribution in [0.4, 0.5) is 56.3 Å². The first-order valence-corrected chi connectivity index (χ1v) is 53.3. The van der Waals surface area contributed by atoms with Crippen LogP contribution in [-0.4, -0.2) is 87.4 Å². The number of benzene rings is 10. The van der Waals surface area contributed by atoms with Gasteiger partial charge < -0.3 is 14.7 Å². The van der Waals surface area contributed by atoms with E-state index in [-0.39, 0.29) is 44.4 Å². The number of carbonyl (C=O) groups is 2. The van der Waals surface area contributed by atoms with Crippen molar-refractivity contribution in [2.75, 3.05) is 17.0 Å². The third-order valence-corrected chi connectivity index (χ3v) is 20.6. The fraction of sp³-hybridized carbons (Fsp3) is 0.139. The molecule has 1 N–H and O–H groups in total. The zero-order valence-electron chi connectivity index (χ0n) is 54.4. The summed E-state index contributed by atoms with van der Waals surface area (Å²) in [6, 6.07) is 95.8. The number of Topliss-reactive ketones (excluding diaryl/α,β-unsaturated/α-hetero) is 1. The molecular weight excluding hydrogens is 1780 g/mol. The molecule has 552 valence electrons. The second-order valence-corrected chi connectivity index (χ2v) is 45.7. The van der Waals surface area contributed by atoms with Gasteiger partial charge in [0, 0.05) is 84.4 Å². The quantitative estimate of drug-likeness (QED) is 0.0245. The topological polar surface area (TPSA) is 66.8 Å². The van der Waals surface area contributed by atoms with Crippen LogP contribution in [0.3, 0.4) is 0 Å². The van der Waals surface area contributed by atoms with E-state index in [1.54, 1.807) is 19.1 Å². The van der Waals surface area contributed by atoms with Crippen molar-refractivity contribution in [2.45, 2.75) is 68.7 Å². The molecule has 1 aliphatic rings. The van der Waals surface area contributed by atoms with Crippen molar-refractivity contribution in [3.8, 4) is 11.5 Å². The molecule has 10 aromatic rings. The monoisotopic (exact) mass is 1850 g/mol. The summed E-state index contributed by atoms with van der Waals surface area (Å²) in [6.45, 7) is 4.03. The van der Waals surface area contributed by atoms with E-state index in [2.05, 4.69) is 223 Å². The van der Waals surface area contributed by atoms with E-state index in [0.29, 0.717) is 11.5 Å². The number of thioether (sulfide) groups is 1. The molecule has 1 atom stereocenters. The third kappa shape index (κ3) is 43.6. The summed E-state index contributed by atoms with van der Waals surface area (Å²) in [5.74, 6) is 6.97. The second-order valence-electron chi connectivity index (χ2n) is 22.2. The number of anilines is 1. The van der Waals surface area contributed by atoms with E-state index in [0.717, 1.165) is 46.7 Å². The summed E-state index contributed by atoms with van der Waals surface area (Å²) in [4.78, 5) is 30.1. The van der Waals surface area contributed by atoms with Gasteiger partial charge in [-0.15, -0.1) is 11.8 Å². The van der Waals surface area contributed by atoms with Crippen molar-refractivity contribution in [2.24, 2.45) is 0 Å². The third-order valence-electron chi connectivity index (χ3n) is 13.0. The van der Waals surface area contributed by atoms with Crippen LogP contribution < -0.4 is 9.64 Å². The maximum atomic E-state index is 11.5. The Morgan fingerprint density at radius 3 is 0.990 bits per heavy atom. The maximum absolute atomic E-state index is 11.5. The summed E-state index contributed by atoms with van der Waals surface area (Å²) < 4.78 is 184. The number of phenols is 1. The molecule has 10 aromatic carbocycles. The first-order valence-electron chi connectivity index (χ1n) is 30.0.